The lowest BCUT2D eigenvalue weighted by Crippen LogP contribution is -2.47. The molecule has 2 amide bonds. The van der Waals surface area contributed by atoms with Crippen molar-refractivity contribution in [3.05, 3.63) is 45.6 Å². The first-order valence-corrected chi connectivity index (χ1v) is 19.8. The number of hydrogen-bond acceptors (Lipinski definition) is 12. The summed E-state index contributed by atoms with van der Waals surface area (Å²) in [7, 11) is 4.65. The second-order valence-electron chi connectivity index (χ2n) is 15.1. The maximum atomic E-state index is 14.0. The highest BCUT2D eigenvalue weighted by Crippen LogP contribution is 2.50. The van der Waals surface area contributed by atoms with Crippen LogP contribution < -0.4 is 35.6 Å². The molecule has 2 aromatic rings. The number of rotatable bonds is 15. The average molecular weight is 772 g/mol. The zero-order valence-electron chi connectivity index (χ0n) is 33.3. The van der Waals surface area contributed by atoms with Crippen molar-refractivity contribution in [3.8, 4) is 28.4 Å². The van der Waals surface area contributed by atoms with E-state index in [0.29, 0.717) is 72.8 Å². The molecule has 0 saturated carbocycles. The monoisotopic (exact) mass is 771 g/mol. The number of hydrogen-bond donors (Lipinski definition) is 3. The number of amides is 2. The van der Waals surface area contributed by atoms with Crippen LogP contribution in [0.4, 0.5) is 5.69 Å². The molecule has 2 aliphatic rings. The molecule has 0 bridgehead atoms. The van der Waals surface area contributed by atoms with Crippen LogP contribution in [-0.4, -0.2) is 87.3 Å². The SMILES string of the molecule is COc1cc2c(c(OC)c1OC)-c1ccc(N[C@@H](CCSC)C(=O)NCC[C@@H]3C[C@H](CC(=O)OC(C)(C)C)OC(C)(C)O3)c(=O)cc1[C@@H](NC(C)=O)CC2. The quantitative estimate of drug-likeness (QED) is 0.194. The number of ether oxygens (including phenoxy) is 6. The number of nitrogens with one attached hydrogen (secondary N) is 3. The van der Waals surface area contributed by atoms with E-state index in [1.54, 1.807) is 32.0 Å². The fourth-order valence-electron chi connectivity index (χ4n) is 7.09. The Labute approximate surface area is 322 Å². The van der Waals surface area contributed by atoms with E-state index in [2.05, 4.69) is 16.0 Å². The summed E-state index contributed by atoms with van der Waals surface area (Å²) in [6.45, 7) is 10.9. The number of thioether (sulfide) groups is 1. The van der Waals surface area contributed by atoms with Gasteiger partial charge in [-0.05, 0) is 107 Å². The molecule has 1 heterocycles. The van der Waals surface area contributed by atoms with E-state index < -0.39 is 23.5 Å². The summed E-state index contributed by atoms with van der Waals surface area (Å²) in [4.78, 5) is 52.6. The Kier molecular flexibility index (Phi) is 14.7. The maximum Gasteiger partial charge on any atom is 0.308 e. The molecule has 2 aromatic carbocycles. The minimum absolute atomic E-state index is 0.106. The molecular weight excluding hydrogens is 715 g/mol. The third-order valence-electron chi connectivity index (χ3n) is 9.18. The maximum absolute atomic E-state index is 14.0. The highest BCUT2D eigenvalue weighted by Gasteiger charge is 2.37. The van der Waals surface area contributed by atoms with Gasteiger partial charge in [0.25, 0.3) is 0 Å². The lowest BCUT2D eigenvalue weighted by molar-refractivity contribution is -0.300. The number of methoxy groups -OCH3 is 3. The zero-order valence-corrected chi connectivity index (χ0v) is 34.1. The lowest BCUT2D eigenvalue weighted by Gasteiger charge is -2.41. The largest absolute Gasteiger partial charge is 0.493 e. The fraction of sp³-hybridized carbons (Fsp3) is 0.600. The van der Waals surface area contributed by atoms with E-state index in [1.807, 2.05) is 53.0 Å². The molecule has 1 aliphatic carbocycles. The molecule has 0 aromatic heterocycles. The number of carbonyl (C=O) groups excluding carboxylic acids is 3. The van der Waals surface area contributed by atoms with Crippen LogP contribution in [-0.2, 0) is 35.0 Å². The van der Waals surface area contributed by atoms with E-state index in [0.717, 1.165) is 11.1 Å². The van der Waals surface area contributed by atoms with Crippen LogP contribution in [0.2, 0.25) is 0 Å². The molecule has 1 saturated heterocycles. The van der Waals surface area contributed by atoms with Gasteiger partial charge in [-0.1, -0.05) is 6.07 Å². The van der Waals surface area contributed by atoms with Crippen molar-refractivity contribution in [2.75, 3.05) is 45.2 Å². The number of benzene rings is 1. The summed E-state index contributed by atoms with van der Waals surface area (Å²) in [6.07, 6.45) is 3.96. The van der Waals surface area contributed by atoms with Gasteiger partial charge >= 0.3 is 5.97 Å². The van der Waals surface area contributed by atoms with Crippen molar-refractivity contribution < 1.29 is 42.8 Å². The molecule has 0 spiro atoms. The van der Waals surface area contributed by atoms with Crippen molar-refractivity contribution in [2.24, 2.45) is 0 Å². The van der Waals surface area contributed by atoms with Gasteiger partial charge in [0.2, 0.25) is 23.0 Å². The number of esters is 1. The summed E-state index contributed by atoms with van der Waals surface area (Å²) in [5, 5.41) is 9.28. The second kappa shape index (κ2) is 18.5. The van der Waals surface area contributed by atoms with Gasteiger partial charge in [-0.3, -0.25) is 19.2 Å². The summed E-state index contributed by atoms with van der Waals surface area (Å²) in [5.74, 6) is 0.328. The molecule has 0 unspecified atom stereocenters. The van der Waals surface area contributed by atoms with Gasteiger partial charge < -0.3 is 44.4 Å². The number of carbonyl (C=O) groups is 3. The van der Waals surface area contributed by atoms with E-state index in [9.17, 15) is 19.2 Å². The average Bonchev–Trinajstić information content (AvgIpc) is 3.31. The summed E-state index contributed by atoms with van der Waals surface area (Å²) < 4.78 is 34.9. The van der Waals surface area contributed by atoms with Crippen LogP contribution >= 0.6 is 11.8 Å². The number of aryl methyl sites for hydroxylation is 1. The van der Waals surface area contributed by atoms with Crippen molar-refractivity contribution in [3.63, 3.8) is 0 Å². The van der Waals surface area contributed by atoms with Crippen LogP contribution in [0.25, 0.3) is 11.1 Å². The van der Waals surface area contributed by atoms with Crippen LogP contribution in [0.15, 0.2) is 29.1 Å². The second-order valence-corrected chi connectivity index (χ2v) is 16.0. The van der Waals surface area contributed by atoms with Gasteiger partial charge in [-0.25, -0.2) is 0 Å². The lowest BCUT2D eigenvalue weighted by atomic mass is 9.95. The van der Waals surface area contributed by atoms with Crippen molar-refractivity contribution >= 4 is 35.2 Å². The third-order valence-corrected chi connectivity index (χ3v) is 9.82. The van der Waals surface area contributed by atoms with Crippen LogP contribution in [0.5, 0.6) is 17.2 Å². The highest BCUT2D eigenvalue weighted by molar-refractivity contribution is 7.98. The van der Waals surface area contributed by atoms with Gasteiger partial charge in [0, 0.05) is 25.5 Å². The molecular formula is C40H57N3O10S. The Balaban J connectivity index is 1.58. The molecule has 13 nitrogen and oxygen atoms in total. The minimum Gasteiger partial charge on any atom is -0.493 e. The van der Waals surface area contributed by atoms with Gasteiger partial charge in [-0.2, -0.15) is 11.8 Å². The van der Waals surface area contributed by atoms with E-state index in [-0.39, 0.29) is 47.5 Å². The molecule has 4 atom stereocenters. The molecule has 14 heteroatoms. The first-order valence-electron chi connectivity index (χ1n) is 18.4. The summed E-state index contributed by atoms with van der Waals surface area (Å²) in [5.41, 5.74) is 2.29. The van der Waals surface area contributed by atoms with Crippen molar-refractivity contribution in [2.45, 2.75) is 116 Å². The Morgan fingerprint density at radius 2 is 1.72 bits per heavy atom. The van der Waals surface area contributed by atoms with E-state index in [1.165, 1.54) is 20.1 Å². The Morgan fingerprint density at radius 3 is 2.35 bits per heavy atom. The first-order chi connectivity index (χ1) is 25.5. The normalized spacial score (nSPS) is 19.6. The third kappa shape index (κ3) is 11.3. The zero-order chi connectivity index (χ0) is 39.8. The Hall–Kier alpha value is -4.01. The minimum atomic E-state index is -0.908. The summed E-state index contributed by atoms with van der Waals surface area (Å²) >= 11 is 1.60. The van der Waals surface area contributed by atoms with Gasteiger partial charge in [0.1, 0.15) is 11.6 Å². The molecule has 3 N–H and O–H groups in total. The highest BCUT2D eigenvalue weighted by atomic mass is 32.2. The van der Waals surface area contributed by atoms with Crippen molar-refractivity contribution in [1.29, 1.82) is 0 Å². The molecule has 1 fully saturated rings. The smallest absolute Gasteiger partial charge is 0.308 e. The predicted octanol–water partition coefficient (Wildman–Crippen LogP) is 5.54. The number of fused-ring (bicyclic) bond motifs is 3. The van der Waals surface area contributed by atoms with Crippen LogP contribution in [0.3, 0.4) is 0 Å². The van der Waals surface area contributed by atoms with Crippen LogP contribution in [0.1, 0.15) is 90.8 Å². The van der Waals surface area contributed by atoms with Gasteiger partial charge in [-0.15, -0.1) is 0 Å². The number of anilines is 1. The first kappa shape index (κ1) is 42.7. The molecule has 0 radical (unpaired) electrons. The Bertz CT molecular complexity index is 1730. The topological polar surface area (TPSA) is 160 Å². The van der Waals surface area contributed by atoms with Crippen molar-refractivity contribution in [1.82, 2.24) is 10.6 Å². The summed E-state index contributed by atoms with van der Waals surface area (Å²) in [6, 6.07) is 5.77. The molecule has 54 heavy (non-hydrogen) atoms. The standard InChI is InChI=1S/C40H57N3O10S/c1-23(44)42-29-13-11-24-19-33(48-7)36(49-8)37(50-9)35(24)27-12-14-30(32(45)22-28(27)29)43-31(16-18-54-10)38(47)41-17-15-25-20-26(52-40(5,6)51-25)21-34(46)53-39(2,3)4/h12,14,19,22,25-26,29,31H,11,13,15-18,20-21H2,1-10H3,(H,41,47)(H,42,44)(H,43,45)/t25-,26-,29+,31+/m1/s1. The fourth-order valence-corrected chi connectivity index (χ4v) is 7.56. The van der Waals surface area contributed by atoms with E-state index >= 15 is 0 Å². The predicted molar refractivity (Wildman–Crippen MR) is 210 cm³/mol. The molecule has 4 rings (SSSR count). The molecule has 298 valence electrons. The Morgan fingerprint density at radius 1 is 1.02 bits per heavy atom. The van der Waals surface area contributed by atoms with Gasteiger partial charge in [0.05, 0.1) is 51.7 Å². The van der Waals surface area contributed by atoms with Crippen LogP contribution in [0, 0.1) is 0 Å². The van der Waals surface area contributed by atoms with E-state index in [4.69, 9.17) is 28.4 Å². The van der Waals surface area contributed by atoms with Gasteiger partial charge in [0.15, 0.2) is 17.3 Å². The molecule has 1 aliphatic heterocycles.